The molecule has 0 aliphatic heterocycles. The Labute approximate surface area is 215 Å². The zero-order chi connectivity index (χ0) is 27.3. The molecule has 12 heteroatoms. The average molecular weight is 522 g/mol. The molecule has 2 aromatic carbocycles. The highest BCUT2D eigenvalue weighted by molar-refractivity contribution is 6.05. The first-order valence-corrected chi connectivity index (χ1v) is 11.1. The Hall–Kier alpha value is -5.00. The van der Waals surface area contributed by atoms with Crippen molar-refractivity contribution in [3.63, 3.8) is 0 Å². The number of aliphatic imine (C=N–C) groups is 1. The van der Waals surface area contributed by atoms with Crippen molar-refractivity contribution in [2.75, 3.05) is 18.1 Å². The second-order valence-corrected chi connectivity index (χ2v) is 7.89. The number of alkyl halides is 3. The Bertz CT molecular complexity index is 1490. The van der Waals surface area contributed by atoms with E-state index in [1.165, 1.54) is 24.4 Å². The lowest BCUT2D eigenvalue weighted by molar-refractivity contribution is -0.274. The Morgan fingerprint density at radius 2 is 1.89 bits per heavy atom. The molecule has 2 aromatic heterocycles. The highest BCUT2D eigenvalue weighted by Crippen LogP contribution is 2.30. The summed E-state index contributed by atoms with van der Waals surface area (Å²) in [5.41, 5.74) is 8.06. The third kappa shape index (κ3) is 6.40. The fraction of sp³-hybridized carbons (Fsp3) is 0.115. The monoisotopic (exact) mass is 522 g/mol. The molecule has 0 unspecified atom stereocenters. The van der Waals surface area contributed by atoms with Gasteiger partial charge in [-0.25, -0.2) is 4.98 Å². The maximum absolute atomic E-state index is 13.0. The van der Waals surface area contributed by atoms with Gasteiger partial charge >= 0.3 is 6.36 Å². The summed E-state index contributed by atoms with van der Waals surface area (Å²) in [5.74, 6) is -0.244. The van der Waals surface area contributed by atoms with Gasteiger partial charge in [0.2, 0.25) is 5.88 Å². The number of rotatable bonds is 7. The molecule has 0 atom stereocenters. The number of nitrogens with zero attached hydrogens (tertiary/aromatic N) is 4. The maximum atomic E-state index is 13.0. The number of hydrogen-bond acceptors (Lipinski definition) is 8. The van der Waals surface area contributed by atoms with Gasteiger partial charge in [0, 0.05) is 48.5 Å². The van der Waals surface area contributed by atoms with Crippen LogP contribution in [0.4, 0.5) is 24.7 Å². The van der Waals surface area contributed by atoms with Gasteiger partial charge in [0.25, 0.3) is 5.91 Å². The van der Waals surface area contributed by atoms with Crippen LogP contribution in [0.5, 0.6) is 17.4 Å². The number of aromatic nitrogens is 3. The molecule has 0 bridgehead atoms. The first-order chi connectivity index (χ1) is 18.1. The molecule has 0 fully saturated rings. The van der Waals surface area contributed by atoms with Crippen LogP contribution in [-0.4, -0.2) is 40.5 Å². The molecule has 0 radical (unpaired) electrons. The molecule has 38 heavy (non-hydrogen) atoms. The standard InChI is InChI=1S/C26H21F3N6O3/c1-15-8-9-18(12-20(15)24(36)33-17-6-3-7-19(11-17)38-26(27,28)29)37-25-21(14-31-2)22(30)34-23(35-25)16-5-4-10-32-13-16/h3-14H,1-2H3,(H,33,36)(H2,30,34,35). The van der Waals surface area contributed by atoms with E-state index < -0.39 is 18.0 Å². The molecule has 9 nitrogen and oxygen atoms in total. The fourth-order valence-corrected chi connectivity index (χ4v) is 3.41. The van der Waals surface area contributed by atoms with E-state index >= 15 is 0 Å². The number of carbonyl (C=O) groups is 1. The maximum Gasteiger partial charge on any atom is 0.573 e. The molecule has 0 saturated heterocycles. The van der Waals surface area contributed by atoms with Crippen LogP contribution in [0.1, 0.15) is 21.5 Å². The second kappa shape index (κ2) is 10.9. The molecule has 194 valence electrons. The Morgan fingerprint density at radius 3 is 2.61 bits per heavy atom. The minimum atomic E-state index is -4.85. The molecule has 0 saturated carbocycles. The van der Waals surface area contributed by atoms with Crippen LogP contribution < -0.4 is 20.5 Å². The van der Waals surface area contributed by atoms with Crippen LogP contribution in [0.15, 0.2) is 72.0 Å². The van der Waals surface area contributed by atoms with Crippen LogP contribution in [0.25, 0.3) is 11.4 Å². The summed E-state index contributed by atoms with van der Waals surface area (Å²) in [6, 6.07) is 13.3. The SMILES string of the molecule is CN=Cc1c(N)nc(-c2cccnc2)nc1Oc1ccc(C)c(C(=O)Nc2cccc(OC(F)(F)F)c2)c1. The minimum absolute atomic E-state index is 0.106. The number of benzene rings is 2. The van der Waals surface area contributed by atoms with Crippen LogP contribution in [0.2, 0.25) is 0 Å². The van der Waals surface area contributed by atoms with Crippen molar-refractivity contribution in [2.45, 2.75) is 13.3 Å². The number of carbonyl (C=O) groups excluding carboxylic acids is 1. The molecular formula is C26H21F3N6O3. The largest absolute Gasteiger partial charge is 0.573 e. The summed E-state index contributed by atoms with van der Waals surface area (Å²) in [4.78, 5) is 29.8. The third-order valence-corrected chi connectivity index (χ3v) is 5.11. The first-order valence-electron chi connectivity index (χ1n) is 11.1. The van der Waals surface area contributed by atoms with E-state index in [1.807, 2.05) is 0 Å². The van der Waals surface area contributed by atoms with Gasteiger partial charge in [0.1, 0.15) is 17.3 Å². The van der Waals surface area contributed by atoms with Crippen molar-refractivity contribution < 1.29 is 27.4 Å². The van der Waals surface area contributed by atoms with E-state index in [0.29, 0.717) is 16.7 Å². The zero-order valence-corrected chi connectivity index (χ0v) is 20.2. The van der Waals surface area contributed by atoms with Gasteiger partial charge in [-0.1, -0.05) is 12.1 Å². The fourth-order valence-electron chi connectivity index (χ4n) is 3.41. The van der Waals surface area contributed by atoms with Gasteiger partial charge in [-0.2, -0.15) is 4.98 Å². The lowest BCUT2D eigenvalue weighted by Gasteiger charge is -2.14. The van der Waals surface area contributed by atoms with Crippen molar-refractivity contribution in [1.82, 2.24) is 15.0 Å². The number of aryl methyl sites for hydroxylation is 1. The van der Waals surface area contributed by atoms with E-state index in [0.717, 1.165) is 12.1 Å². The molecule has 0 aliphatic rings. The summed E-state index contributed by atoms with van der Waals surface area (Å²) >= 11 is 0. The topological polar surface area (TPSA) is 125 Å². The van der Waals surface area contributed by atoms with Gasteiger partial charge in [0.15, 0.2) is 5.82 Å². The number of hydrogen-bond donors (Lipinski definition) is 2. The third-order valence-electron chi connectivity index (χ3n) is 5.11. The number of anilines is 2. The van der Waals surface area contributed by atoms with Crippen molar-refractivity contribution in [1.29, 1.82) is 0 Å². The van der Waals surface area contributed by atoms with Crippen molar-refractivity contribution >= 4 is 23.6 Å². The van der Waals surface area contributed by atoms with E-state index in [2.05, 4.69) is 30.0 Å². The van der Waals surface area contributed by atoms with E-state index in [9.17, 15) is 18.0 Å². The summed E-state index contributed by atoms with van der Waals surface area (Å²) < 4.78 is 47.6. The number of nitrogens with one attached hydrogen (secondary N) is 1. The average Bonchev–Trinajstić information content (AvgIpc) is 2.86. The minimum Gasteiger partial charge on any atom is -0.438 e. The second-order valence-electron chi connectivity index (χ2n) is 7.89. The number of nitrogens with two attached hydrogens (primary N) is 1. The highest BCUT2D eigenvalue weighted by atomic mass is 19.4. The van der Waals surface area contributed by atoms with Crippen LogP contribution in [-0.2, 0) is 0 Å². The Kier molecular flexibility index (Phi) is 7.51. The molecule has 0 aliphatic carbocycles. The number of amides is 1. The van der Waals surface area contributed by atoms with Crippen LogP contribution in [0, 0.1) is 6.92 Å². The van der Waals surface area contributed by atoms with Gasteiger partial charge in [-0.15, -0.1) is 13.2 Å². The van der Waals surface area contributed by atoms with Crippen LogP contribution in [0.3, 0.4) is 0 Å². The van der Waals surface area contributed by atoms with Gasteiger partial charge in [-0.05, 0) is 48.9 Å². The predicted octanol–water partition coefficient (Wildman–Crippen LogP) is 5.42. The van der Waals surface area contributed by atoms with Gasteiger partial charge in [-0.3, -0.25) is 14.8 Å². The van der Waals surface area contributed by atoms with E-state index in [4.69, 9.17) is 10.5 Å². The Balaban J connectivity index is 1.63. The molecule has 1 amide bonds. The normalized spacial score (nSPS) is 11.4. The lowest BCUT2D eigenvalue weighted by atomic mass is 10.1. The predicted molar refractivity (Wildman–Crippen MR) is 136 cm³/mol. The molecule has 0 spiro atoms. The van der Waals surface area contributed by atoms with Gasteiger partial charge in [0.05, 0.1) is 5.56 Å². The molecule has 3 N–H and O–H groups in total. The first kappa shape index (κ1) is 26.1. The number of halogens is 3. The zero-order valence-electron chi connectivity index (χ0n) is 20.2. The van der Waals surface area contributed by atoms with Crippen molar-refractivity contribution in [3.05, 3.63) is 83.7 Å². The van der Waals surface area contributed by atoms with E-state index in [1.54, 1.807) is 50.6 Å². The molecule has 4 aromatic rings. The summed E-state index contributed by atoms with van der Waals surface area (Å²) in [6.45, 7) is 1.71. The summed E-state index contributed by atoms with van der Waals surface area (Å²) in [5, 5.41) is 2.57. The smallest absolute Gasteiger partial charge is 0.438 e. The Morgan fingerprint density at radius 1 is 1.08 bits per heavy atom. The number of nitrogen functional groups attached to an aromatic ring is 1. The van der Waals surface area contributed by atoms with Crippen LogP contribution >= 0.6 is 0 Å². The summed E-state index contributed by atoms with van der Waals surface area (Å²) in [7, 11) is 1.56. The lowest BCUT2D eigenvalue weighted by Crippen LogP contribution is -2.17. The summed E-state index contributed by atoms with van der Waals surface area (Å²) in [6.07, 6.45) is -0.209. The molecular weight excluding hydrogens is 501 g/mol. The molecule has 4 rings (SSSR count). The van der Waals surface area contributed by atoms with Crippen molar-refractivity contribution in [3.8, 4) is 28.8 Å². The van der Waals surface area contributed by atoms with Gasteiger partial charge < -0.3 is 20.5 Å². The number of pyridine rings is 1. The number of ether oxygens (including phenoxy) is 2. The highest BCUT2D eigenvalue weighted by Gasteiger charge is 2.31. The van der Waals surface area contributed by atoms with E-state index in [-0.39, 0.29) is 34.5 Å². The quantitative estimate of drug-likeness (QED) is 0.311. The molecule has 2 heterocycles. The van der Waals surface area contributed by atoms with Crippen molar-refractivity contribution in [2.24, 2.45) is 4.99 Å².